The molecular formula is C21H23F2N3O6S. The van der Waals surface area contributed by atoms with Crippen molar-refractivity contribution in [1.29, 1.82) is 0 Å². The smallest absolute Gasteiger partial charge is 0.387 e. The van der Waals surface area contributed by atoms with Crippen LogP contribution in [0.4, 0.5) is 20.2 Å². The van der Waals surface area contributed by atoms with E-state index in [-0.39, 0.29) is 37.5 Å². The Morgan fingerprint density at radius 1 is 1.03 bits per heavy atom. The second-order valence-electron chi connectivity index (χ2n) is 7.19. The maximum absolute atomic E-state index is 12.6. The molecule has 0 spiro atoms. The largest absolute Gasteiger partial charge is 0.452 e. The van der Waals surface area contributed by atoms with Crippen molar-refractivity contribution in [1.82, 2.24) is 9.21 Å². The van der Waals surface area contributed by atoms with E-state index in [0.717, 1.165) is 6.26 Å². The van der Waals surface area contributed by atoms with Gasteiger partial charge in [-0.25, -0.2) is 13.2 Å². The Labute approximate surface area is 189 Å². The third-order valence-electron chi connectivity index (χ3n) is 4.89. The van der Waals surface area contributed by atoms with Crippen molar-refractivity contribution in [3.8, 4) is 5.75 Å². The van der Waals surface area contributed by atoms with Gasteiger partial charge in [0.15, 0.2) is 6.61 Å². The number of benzene rings is 2. The highest BCUT2D eigenvalue weighted by Gasteiger charge is 2.26. The van der Waals surface area contributed by atoms with Gasteiger partial charge in [-0.3, -0.25) is 4.79 Å². The summed E-state index contributed by atoms with van der Waals surface area (Å²) in [5, 5.41) is 3.00. The minimum absolute atomic E-state index is 0.000809. The molecule has 1 heterocycles. The number of nitrogens with zero attached hydrogens (tertiary/aromatic N) is 2. The number of hydrogen-bond donors (Lipinski definition) is 1. The molecule has 0 bridgehead atoms. The van der Waals surface area contributed by atoms with Crippen LogP contribution in [0.15, 0.2) is 48.5 Å². The molecule has 33 heavy (non-hydrogen) atoms. The fourth-order valence-electron chi connectivity index (χ4n) is 3.21. The van der Waals surface area contributed by atoms with E-state index in [1.807, 2.05) is 0 Å². The number of alkyl halides is 2. The molecule has 1 aliphatic heterocycles. The van der Waals surface area contributed by atoms with Crippen molar-refractivity contribution in [2.24, 2.45) is 0 Å². The highest BCUT2D eigenvalue weighted by molar-refractivity contribution is 7.88. The predicted molar refractivity (Wildman–Crippen MR) is 116 cm³/mol. The Morgan fingerprint density at radius 2 is 1.67 bits per heavy atom. The Bertz CT molecular complexity index is 1090. The third kappa shape index (κ3) is 6.86. The first-order valence-corrected chi connectivity index (χ1v) is 11.8. The van der Waals surface area contributed by atoms with Crippen LogP contribution in [0.25, 0.3) is 0 Å². The van der Waals surface area contributed by atoms with Gasteiger partial charge >= 0.3 is 12.6 Å². The highest BCUT2D eigenvalue weighted by atomic mass is 32.2. The summed E-state index contributed by atoms with van der Waals surface area (Å²) in [6.45, 7) is -2.60. The molecule has 1 aliphatic rings. The van der Waals surface area contributed by atoms with E-state index in [1.54, 1.807) is 18.2 Å². The molecular weight excluding hydrogens is 460 g/mol. The molecule has 1 saturated heterocycles. The molecule has 1 N–H and O–H groups in total. The van der Waals surface area contributed by atoms with E-state index in [9.17, 15) is 26.8 Å². The lowest BCUT2D eigenvalue weighted by molar-refractivity contribution is -0.135. The van der Waals surface area contributed by atoms with Gasteiger partial charge in [0.25, 0.3) is 5.91 Å². The van der Waals surface area contributed by atoms with Crippen molar-refractivity contribution in [2.45, 2.75) is 6.61 Å². The lowest BCUT2D eigenvalue weighted by atomic mass is 10.1. The van der Waals surface area contributed by atoms with E-state index >= 15 is 0 Å². The molecule has 3 rings (SSSR count). The Hall–Kier alpha value is -3.25. The quantitative estimate of drug-likeness (QED) is 0.575. The maximum atomic E-state index is 12.6. The minimum Gasteiger partial charge on any atom is -0.452 e. The first-order valence-electron chi connectivity index (χ1n) is 9.94. The Morgan fingerprint density at radius 3 is 2.27 bits per heavy atom. The molecule has 2 aromatic rings. The summed E-state index contributed by atoms with van der Waals surface area (Å²) in [6, 6.07) is 12.2. The van der Waals surface area contributed by atoms with Crippen LogP contribution in [0.5, 0.6) is 5.75 Å². The second-order valence-corrected chi connectivity index (χ2v) is 9.17. The number of anilines is 2. The van der Waals surface area contributed by atoms with Gasteiger partial charge in [0, 0.05) is 31.9 Å². The highest BCUT2D eigenvalue weighted by Crippen LogP contribution is 2.24. The standard InChI is InChI=1S/C21H23F2N3O6S/c1-33(29,30)26-12-10-25(11-13-26)19(27)14-31-20(28)17-4-2-3-5-18(17)24-15-6-8-16(9-7-15)32-21(22)23/h2-9,21,24H,10-14H2,1H3. The van der Waals surface area contributed by atoms with Gasteiger partial charge in [0.1, 0.15) is 5.75 Å². The van der Waals surface area contributed by atoms with Crippen LogP contribution in [0.1, 0.15) is 10.4 Å². The van der Waals surface area contributed by atoms with Gasteiger partial charge in [-0.2, -0.15) is 13.1 Å². The van der Waals surface area contributed by atoms with Gasteiger partial charge in [0.05, 0.1) is 17.5 Å². The normalized spacial score (nSPS) is 14.7. The topological polar surface area (TPSA) is 105 Å². The number of rotatable bonds is 8. The summed E-state index contributed by atoms with van der Waals surface area (Å²) in [7, 11) is -3.31. The molecule has 0 radical (unpaired) electrons. The molecule has 0 aliphatic carbocycles. The average molecular weight is 483 g/mol. The monoisotopic (exact) mass is 483 g/mol. The lowest BCUT2D eigenvalue weighted by Crippen LogP contribution is -2.51. The van der Waals surface area contributed by atoms with Crippen molar-refractivity contribution in [3.05, 3.63) is 54.1 Å². The second kappa shape index (κ2) is 10.6. The number of para-hydroxylation sites is 1. The van der Waals surface area contributed by atoms with E-state index in [1.165, 1.54) is 39.5 Å². The number of esters is 1. The van der Waals surface area contributed by atoms with Gasteiger partial charge < -0.3 is 19.7 Å². The van der Waals surface area contributed by atoms with Gasteiger partial charge in [0.2, 0.25) is 10.0 Å². The zero-order valence-corrected chi connectivity index (χ0v) is 18.6. The van der Waals surface area contributed by atoms with Crippen molar-refractivity contribution >= 4 is 33.3 Å². The molecule has 1 fully saturated rings. The van der Waals surface area contributed by atoms with Crippen LogP contribution in [-0.4, -0.2) is 75.2 Å². The molecule has 2 aromatic carbocycles. The molecule has 1 amide bonds. The number of amides is 1. The summed E-state index contributed by atoms with van der Waals surface area (Å²) >= 11 is 0. The number of piperazine rings is 1. The summed E-state index contributed by atoms with van der Waals surface area (Å²) in [5.74, 6) is -1.14. The van der Waals surface area contributed by atoms with E-state index in [2.05, 4.69) is 10.1 Å². The molecule has 9 nitrogen and oxygen atoms in total. The fraction of sp³-hybridized carbons (Fsp3) is 0.333. The zero-order valence-electron chi connectivity index (χ0n) is 17.7. The molecule has 0 aromatic heterocycles. The Kier molecular flexibility index (Phi) is 7.82. The summed E-state index contributed by atoms with van der Waals surface area (Å²) < 4.78 is 58.5. The zero-order chi connectivity index (χ0) is 24.0. The number of carbonyl (C=O) groups excluding carboxylic acids is 2. The van der Waals surface area contributed by atoms with Crippen LogP contribution in [-0.2, 0) is 19.6 Å². The minimum atomic E-state index is -3.31. The first kappa shape index (κ1) is 24.4. The molecule has 12 heteroatoms. The predicted octanol–water partition coefficient (Wildman–Crippen LogP) is 2.29. The van der Waals surface area contributed by atoms with Crippen LogP contribution in [0, 0.1) is 0 Å². The van der Waals surface area contributed by atoms with Crippen LogP contribution >= 0.6 is 0 Å². The van der Waals surface area contributed by atoms with Gasteiger partial charge in [-0.15, -0.1) is 0 Å². The SMILES string of the molecule is CS(=O)(=O)N1CCN(C(=O)COC(=O)c2ccccc2Nc2ccc(OC(F)F)cc2)CC1. The summed E-state index contributed by atoms with van der Waals surface area (Å²) in [4.78, 5) is 26.4. The number of hydrogen-bond acceptors (Lipinski definition) is 7. The average Bonchev–Trinajstić information content (AvgIpc) is 2.78. The Balaban J connectivity index is 1.57. The number of halogens is 2. The third-order valence-corrected chi connectivity index (χ3v) is 6.20. The van der Waals surface area contributed by atoms with Crippen molar-refractivity contribution in [2.75, 3.05) is 44.4 Å². The van der Waals surface area contributed by atoms with Crippen LogP contribution in [0.2, 0.25) is 0 Å². The fourth-order valence-corrected chi connectivity index (χ4v) is 4.04. The molecule has 0 unspecified atom stereocenters. The van der Waals surface area contributed by atoms with Gasteiger partial charge in [-0.1, -0.05) is 12.1 Å². The van der Waals surface area contributed by atoms with Crippen molar-refractivity contribution < 1.29 is 36.3 Å². The lowest BCUT2D eigenvalue weighted by Gasteiger charge is -2.33. The number of ether oxygens (including phenoxy) is 2. The number of carbonyl (C=O) groups is 2. The summed E-state index contributed by atoms with van der Waals surface area (Å²) in [6.07, 6.45) is 1.11. The molecule has 178 valence electrons. The van der Waals surface area contributed by atoms with Crippen molar-refractivity contribution in [3.63, 3.8) is 0 Å². The molecule has 0 saturated carbocycles. The van der Waals surface area contributed by atoms with Crippen LogP contribution < -0.4 is 10.1 Å². The first-order chi connectivity index (χ1) is 15.6. The van der Waals surface area contributed by atoms with E-state index in [4.69, 9.17) is 4.74 Å². The number of nitrogens with one attached hydrogen (secondary N) is 1. The van der Waals surface area contributed by atoms with Crippen LogP contribution in [0.3, 0.4) is 0 Å². The number of sulfonamides is 1. The summed E-state index contributed by atoms with van der Waals surface area (Å²) in [5.41, 5.74) is 1.11. The van der Waals surface area contributed by atoms with E-state index < -0.39 is 35.1 Å². The molecule has 0 atom stereocenters. The van der Waals surface area contributed by atoms with E-state index in [0.29, 0.717) is 11.4 Å². The van der Waals surface area contributed by atoms with Gasteiger partial charge in [-0.05, 0) is 36.4 Å². The maximum Gasteiger partial charge on any atom is 0.387 e.